The Morgan fingerprint density at radius 2 is 2.41 bits per heavy atom. The molecule has 17 heavy (non-hydrogen) atoms. The zero-order chi connectivity index (χ0) is 11.8. The van der Waals surface area contributed by atoms with Gasteiger partial charge in [0.25, 0.3) is 5.56 Å². The molecule has 1 unspecified atom stereocenters. The second-order valence-electron chi connectivity index (χ2n) is 5.13. The molecule has 0 radical (unpaired) electrons. The molecule has 3 nitrogen and oxygen atoms in total. The Hall–Kier alpha value is -1.35. The minimum absolute atomic E-state index is 0.149. The predicted molar refractivity (Wildman–Crippen MR) is 68.2 cm³/mol. The molecule has 3 heteroatoms. The first kappa shape index (κ1) is 10.8. The summed E-state index contributed by atoms with van der Waals surface area (Å²) >= 11 is 0. The molecule has 2 bridgehead atoms. The summed E-state index contributed by atoms with van der Waals surface area (Å²) in [5.74, 6) is 1.07. The summed E-state index contributed by atoms with van der Waals surface area (Å²) in [6.45, 7) is 5.66. The summed E-state index contributed by atoms with van der Waals surface area (Å²) < 4.78 is 1.97. The van der Waals surface area contributed by atoms with Crippen molar-refractivity contribution in [1.29, 1.82) is 0 Å². The van der Waals surface area contributed by atoms with Crippen molar-refractivity contribution in [3.63, 3.8) is 0 Å². The normalized spacial score (nSPS) is 30.7. The molecular weight excluding hydrogens is 212 g/mol. The van der Waals surface area contributed by atoms with Crippen molar-refractivity contribution in [3.8, 4) is 0 Å². The van der Waals surface area contributed by atoms with Crippen molar-refractivity contribution in [2.75, 3.05) is 6.54 Å². The van der Waals surface area contributed by atoms with Crippen molar-refractivity contribution in [3.05, 3.63) is 46.9 Å². The zero-order valence-corrected chi connectivity index (χ0v) is 9.93. The van der Waals surface area contributed by atoms with Gasteiger partial charge in [0.05, 0.1) is 0 Å². The largest absolute Gasteiger partial charge is 0.313 e. The van der Waals surface area contributed by atoms with Gasteiger partial charge in [-0.25, -0.2) is 0 Å². The SMILES string of the molecule is C=CCC1NC[C@@H]2C[C@@H]1Cn1c2cccc1=O. The number of hydrogen-bond donors (Lipinski definition) is 1. The first-order valence-electron chi connectivity index (χ1n) is 6.33. The van der Waals surface area contributed by atoms with Crippen molar-refractivity contribution in [2.24, 2.45) is 5.92 Å². The van der Waals surface area contributed by atoms with Gasteiger partial charge in [0.2, 0.25) is 0 Å². The van der Waals surface area contributed by atoms with Crippen LogP contribution in [0.3, 0.4) is 0 Å². The molecule has 0 amide bonds. The van der Waals surface area contributed by atoms with Gasteiger partial charge in [-0.3, -0.25) is 4.79 Å². The second kappa shape index (κ2) is 4.15. The smallest absolute Gasteiger partial charge is 0.250 e. The zero-order valence-electron chi connectivity index (χ0n) is 9.93. The minimum atomic E-state index is 0.149. The Bertz CT molecular complexity index is 491. The van der Waals surface area contributed by atoms with Gasteiger partial charge in [-0.05, 0) is 24.8 Å². The Labute approximate surface area is 101 Å². The number of rotatable bonds is 2. The molecule has 1 aromatic heterocycles. The number of pyridine rings is 1. The topological polar surface area (TPSA) is 34.0 Å². The average Bonchev–Trinajstić information content (AvgIpc) is 2.34. The van der Waals surface area contributed by atoms with Crippen LogP contribution in [0, 0.1) is 5.92 Å². The van der Waals surface area contributed by atoms with Gasteiger partial charge in [0, 0.05) is 36.8 Å². The van der Waals surface area contributed by atoms with Crippen LogP contribution in [0.25, 0.3) is 0 Å². The lowest BCUT2D eigenvalue weighted by Gasteiger charge is -2.42. The third-order valence-electron chi connectivity index (χ3n) is 4.12. The van der Waals surface area contributed by atoms with Gasteiger partial charge >= 0.3 is 0 Å². The molecule has 0 spiro atoms. The van der Waals surface area contributed by atoms with Crippen LogP contribution in [0.5, 0.6) is 0 Å². The van der Waals surface area contributed by atoms with Crippen LogP contribution in [0.15, 0.2) is 35.6 Å². The molecule has 3 atom stereocenters. The Balaban J connectivity index is 1.97. The van der Waals surface area contributed by atoms with E-state index in [0.29, 0.717) is 17.9 Å². The number of piperidine rings is 1. The first-order chi connectivity index (χ1) is 8.29. The molecule has 2 aliphatic heterocycles. The molecule has 1 fully saturated rings. The molecule has 2 aliphatic rings. The molecule has 3 rings (SSSR count). The lowest BCUT2D eigenvalue weighted by atomic mass is 9.78. The summed E-state index contributed by atoms with van der Waals surface area (Å²) in [7, 11) is 0. The van der Waals surface area contributed by atoms with Crippen LogP contribution in [0.4, 0.5) is 0 Å². The fourth-order valence-electron chi connectivity index (χ4n) is 3.28. The summed E-state index contributed by atoms with van der Waals surface area (Å²) in [4.78, 5) is 11.9. The summed E-state index contributed by atoms with van der Waals surface area (Å²) in [5.41, 5.74) is 1.36. The molecule has 3 heterocycles. The molecule has 90 valence electrons. The van der Waals surface area contributed by atoms with E-state index in [1.54, 1.807) is 6.07 Å². The first-order valence-corrected chi connectivity index (χ1v) is 6.33. The van der Waals surface area contributed by atoms with E-state index in [0.717, 1.165) is 19.5 Å². The lowest BCUT2D eigenvalue weighted by Crippen LogP contribution is -2.50. The van der Waals surface area contributed by atoms with E-state index in [2.05, 4.69) is 18.0 Å². The summed E-state index contributed by atoms with van der Waals surface area (Å²) in [6.07, 6.45) is 4.17. The highest BCUT2D eigenvalue weighted by atomic mass is 16.1. The van der Waals surface area contributed by atoms with Gasteiger partial charge in [0.1, 0.15) is 0 Å². The van der Waals surface area contributed by atoms with Gasteiger partial charge in [-0.15, -0.1) is 6.58 Å². The Kier molecular flexibility index (Phi) is 2.63. The maximum absolute atomic E-state index is 11.9. The van der Waals surface area contributed by atoms with Crippen molar-refractivity contribution >= 4 is 0 Å². The van der Waals surface area contributed by atoms with E-state index in [1.165, 1.54) is 12.1 Å². The standard InChI is InChI=1S/C14H18N2O/c1-2-4-12-11-7-10(8-15-12)13-5-3-6-14(17)16(13)9-11/h2-3,5-6,10-12,15H,1,4,7-9H2/t10-,11+,12?/m0/s1. The predicted octanol–water partition coefficient (Wildman–Crippen LogP) is 1.50. The highest BCUT2D eigenvalue weighted by Crippen LogP contribution is 2.35. The molecule has 1 saturated heterocycles. The molecule has 1 N–H and O–H groups in total. The van der Waals surface area contributed by atoms with Gasteiger partial charge in [0.15, 0.2) is 0 Å². The Morgan fingerprint density at radius 1 is 1.53 bits per heavy atom. The highest BCUT2D eigenvalue weighted by Gasteiger charge is 2.35. The second-order valence-corrected chi connectivity index (χ2v) is 5.13. The van der Waals surface area contributed by atoms with Crippen LogP contribution < -0.4 is 10.9 Å². The fourth-order valence-corrected chi connectivity index (χ4v) is 3.28. The van der Waals surface area contributed by atoms with Crippen molar-refractivity contribution < 1.29 is 0 Å². The number of nitrogens with one attached hydrogen (secondary N) is 1. The molecule has 1 aromatic rings. The third kappa shape index (κ3) is 1.75. The average molecular weight is 230 g/mol. The molecule has 0 aromatic carbocycles. The minimum Gasteiger partial charge on any atom is -0.313 e. The van der Waals surface area contributed by atoms with E-state index in [1.807, 2.05) is 16.7 Å². The monoisotopic (exact) mass is 230 g/mol. The Morgan fingerprint density at radius 3 is 3.24 bits per heavy atom. The van der Waals surface area contributed by atoms with Gasteiger partial charge < -0.3 is 9.88 Å². The van der Waals surface area contributed by atoms with Crippen molar-refractivity contribution in [2.45, 2.75) is 31.3 Å². The van der Waals surface area contributed by atoms with E-state index < -0.39 is 0 Å². The van der Waals surface area contributed by atoms with E-state index in [-0.39, 0.29) is 5.56 Å². The van der Waals surface area contributed by atoms with Crippen LogP contribution in [-0.2, 0) is 6.54 Å². The highest BCUT2D eigenvalue weighted by molar-refractivity contribution is 5.17. The maximum atomic E-state index is 11.9. The van der Waals surface area contributed by atoms with Crippen LogP contribution in [0.2, 0.25) is 0 Å². The van der Waals surface area contributed by atoms with E-state index >= 15 is 0 Å². The lowest BCUT2D eigenvalue weighted by molar-refractivity contribution is 0.194. The number of fused-ring (bicyclic) bond motifs is 4. The van der Waals surface area contributed by atoms with Gasteiger partial charge in [-0.1, -0.05) is 12.1 Å². The molecular formula is C14H18N2O. The van der Waals surface area contributed by atoms with Gasteiger partial charge in [-0.2, -0.15) is 0 Å². The quantitative estimate of drug-likeness (QED) is 0.781. The van der Waals surface area contributed by atoms with E-state index in [9.17, 15) is 4.79 Å². The fraction of sp³-hybridized carbons (Fsp3) is 0.500. The number of aromatic nitrogens is 1. The number of hydrogen-bond acceptors (Lipinski definition) is 2. The van der Waals surface area contributed by atoms with E-state index in [4.69, 9.17) is 0 Å². The number of nitrogens with zero attached hydrogens (tertiary/aromatic N) is 1. The van der Waals surface area contributed by atoms with Crippen LogP contribution >= 0.6 is 0 Å². The maximum Gasteiger partial charge on any atom is 0.250 e. The summed E-state index contributed by atoms with van der Waals surface area (Å²) in [5, 5.41) is 3.60. The summed E-state index contributed by atoms with van der Waals surface area (Å²) in [6, 6.07) is 6.13. The van der Waals surface area contributed by atoms with Crippen LogP contribution in [0.1, 0.15) is 24.5 Å². The molecule has 0 saturated carbocycles. The molecule has 0 aliphatic carbocycles. The third-order valence-corrected chi connectivity index (χ3v) is 4.12. The van der Waals surface area contributed by atoms with Crippen LogP contribution in [-0.4, -0.2) is 17.2 Å². The van der Waals surface area contributed by atoms with Crippen molar-refractivity contribution in [1.82, 2.24) is 9.88 Å².